The Kier molecular flexibility index (Phi) is 5.58. The van der Waals surface area contributed by atoms with Gasteiger partial charge < -0.3 is 10.1 Å². The lowest BCUT2D eigenvalue weighted by Gasteiger charge is -2.27. The molecule has 24 heavy (non-hydrogen) atoms. The minimum Gasteiger partial charge on any atom is -0.448 e. The van der Waals surface area contributed by atoms with E-state index in [9.17, 15) is 22.8 Å². The Morgan fingerprint density at radius 1 is 1.42 bits per heavy atom. The summed E-state index contributed by atoms with van der Waals surface area (Å²) in [4.78, 5) is 35.7. The molecule has 1 saturated heterocycles. The number of carbonyl (C=O) groups is 3. The molecule has 2 aliphatic rings. The number of rotatable bonds is 5. The number of esters is 1. The summed E-state index contributed by atoms with van der Waals surface area (Å²) in [5, 5.41) is 7.62. The molecular formula is C14H21N3O6S. The van der Waals surface area contributed by atoms with Crippen LogP contribution in [0.3, 0.4) is 0 Å². The zero-order valence-electron chi connectivity index (χ0n) is 13.6. The van der Waals surface area contributed by atoms with Crippen molar-refractivity contribution in [1.29, 1.82) is 0 Å². The molecule has 2 rings (SSSR count). The molecular weight excluding hydrogens is 338 g/mol. The van der Waals surface area contributed by atoms with E-state index in [1.807, 2.05) is 0 Å². The highest BCUT2D eigenvalue weighted by Gasteiger charge is 2.37. The predicted molar refractivity (Wildman–Crippen MR) is 84.8 cm³/mol. The molecule has 1 fully saturated rings. The minimum atomic E-state index is -3.17. The summed E-state index contributed by atoms with van der Waals surface area (Å²) in [6, 6.07) is -0.550. The van der Waals surface area contributed by atoms with Crippen LogP contribution in [-0.4, -0.2) is 67.1 Å². The largest absolute Gasteiger partial charge is 0.448 e. The van der Waals surface area contributed by atoms with Crippen LogP contribution in [0.4, 0.5) is 0 Å². The number of hydrazone groups is 1. The molecule has 0 aliphatic carbocycles. The molecule has 9 nitrogen and oxygen atoms in total. The number of nitrogens with zero attached hydrogens (tertiary/aromatic N) is 2. The van der Waals surface area contributed by atoms with Crippen LogP contribution in [-0.2, 0) is 29.0 Å². The SMILES string of the molecule is CCNC(=O)[C@H](C)OC(=O)C1=NN([C@@H]2CCS(=O)(=O)C2)C(=O)CC1. The lowest BCUT2D eigenvalue weighted by molar-refractivity contribution is -0.149. The van der Waals surface area contributed by atoms with Gasteiger partial charge in [0, 0.05) is 19.4 Å². The van der Waals surface area contributed by atoms with E-state index in [0.717, 1.165) is 5.01 Å². The molecule has 2 heterocycles. The number of sulfone groups is 1. The highest BCUT2D eigenvalue weighted by Crippen LogP contribution is 2.22. The first-order valence-electron chi connectivity index (χ1n) is 7.82. The molecule has 2 atom stereocenters. The van der Waals surface area contributed by atoms with Crippen molar-refractivity contribution in [2.75, 3.05) is 18.1 Å². The third-order valence-corrected chi connectivity index (χ3v) is 5.60. The average Bonchev–Trinajstić information content (AvgIpc) is 2.87. The monoisotopic (exact) mass is 359 g/mol. The zero-order valence-corrected chi connectivity index (χ0v) is 14.5. The van der Waals surface area contributed by atoms with Gasteiger partial charge in [-0.1, -0.05) is 0 Å². The summed E-state index contributed by atoms with van der Waals surface area (Å²) in [5.74, 6) is -1.65. The Morgan fingerprint density at radius 3 is 2.71 bits per heavy atom. The zero-order chi connectivity index (χ0) is 17.9. The summed E-state index contributed by atoms with van der Waals surface area (Å²) in [5.41, 5.74) is 0.0232. The second kappa shape index (κ2) is 7.29. The maximum Gasteiger partial charge on any atom is 0.355 e. The predicted octanol–water partition coefficient (Wildman–Crippen LogP) is -0.780. The van der Waals surface area contributed by atoms with Crippen LogP contribution in [0.25, 0.3) is 0 Å². The first-order valence-corrected chi connectivity index (χ1v) is 9.64. The second-order valence-electron chi connectivity index (χ2n) is 5.78. The van der Waals surface area contributed by atoms with Crippen LogP contribution < -0.4 is 5.32 Å². The number of hydrogen-bond acceptors (Lipinski definition) is 7. The van der Waals surface area contributed by atoms with Gasteiger partial charge in [-0.3, -0.25) is 9.59 Å². The first kappa shape index (κ1) is 18.4. The van der Waals surface area contributed by atoms with E-state index in [0.29, 0.717) is 13.0 Å². The lowest BCUT2D eigenvalue weighted by atomic mass is 10.1. The van der Waals surface area contributed by atoms with Gasteiger partial charge in [0.1, 0.15) is 5.71 Å². The molecule has 1 N–H and O–H groups in total. The topological polar surface area (TPSA) is 122 Å². The molecule has 0 aromatic rings. The smallest absolute Gasteiger partial charge is 0.355 e. The number of nitrogens with one attached hydrogen (secondary N) is 1. The molecule has 134 valence electrons. The molecule has 2 amide bonds. The third kappa shape index (κ3) is 4.31. The van der Waals surface area contributed by atoms with Gasteiger partial charge in [0.2, 0.25) is 5.91 Å². The Hall–Kier alpha value is -1.97. The van der Waals surface area contributed by atoms with E-state index in [-0.39, 0.29) is 36.0 Å². The van der Waals surface area contributed by atoms with E-state index in [1.165, 1.54) is 6.92 Å². The molecule has 10 heteroatoms. The highest BCUT2D eigenvalue weighted by atomic mass is 32.2. The van der Waals surface area contributed by atoms with Crippen molar-refractivity contribution in [3.05, 3.63) is 0 Å². The molecule has 2 aliphatic heterocycles. The van der Waals surface area contributed by atoms with E-state index in [4.69, 9.17) is 4.74 Å². The molecule has 0 bridgehead atoms. The van der Waals surface area contributed by atoms with Crippen LogP contribution >= 0.6 is 0 Å². The van der Waals surface area contributed by atoms with E-state index < -0.39 is 33.9 Å². The average molecular weight is 359 g/mol. The summed E-state index contributed by atoms with van der Waals surface area (Å²) in [6.45, 7) is 3.61. The first-order chi connectivity index (χ1) is 11.2. The van der Waals surface area contributed by atoms with Gasteiger partial charge in [-0.05, 0) is 20.3 Å². The lowest BCUT2D eigenvalue weighted by Crippen LogP contribution is -2.43. The molecule has 0 aromatic carbocycles. The molecule has 0 unspecified atom stereocenters. The van der Waals surface area contributed by atoms with Crippen molar-refractivity contribution in [2.45, 2.75) is 45.3 Å². The van der Waals surface area contributed by atoms with Gasteiger partial charge in [0.05, 0.1) is 17.5 Å². The van der Waals surface area contributed by atoms with E-state index in [2.05, 4.69) is 10.4 Å². The van der Waals surface area contributed by atoms with Gasteiger partial charge in [0.25, 0.3) is 5.91 Å². The van der Waals surface area contributed by atoms with Crippen LogP contribution in [0.5, 0.6) is 0 Å². The van der Waals surface area contributed by atoms with Crippen LogP contribution in [0.1, 0.15) is 33.1 Å². The Balaban J connectivity index is 2.07. The molecule has 0 radical (unpaired) electrons. The fraction of sp³-hybridized carbons (Fsp3) is 0.714. The molecule has 0 spiro atoms. The number of ether oxygens (including phenoxy) is 1. The third-order valence-electron chi connectivity index (χ3n) is 3.85. The molecule has 0 aromatic heterocycles. The quantitative estimate of drug-likeness (QED) is 0.643. The Labute approximate surface area is 140 Å². The normalized spacial score (nSPS) is 24.2. The summed E-state index contributed by atoms with van der Waals surface area (Å²) in [6.07, 6.45) is -0.511. The number of carbonyl (C=O) groups excluding carboxylic acids is 3. The Morgan fingerprint density at radius 2 is 2.12 bits per heavy atom. The fourth-order valence-corrected chi connectivity index (χ4v) is 4.26. The van der Waals surface area contributed by atoms with Crippen molar-refractivity contribution < 1.29 is 27.5 Å². The maximum atomic E-state index is 12.1. The van der Waals surface area contributed by atoms with Crippen LogP contribution in [0.15, 0.2) is 5.10 Å². The van der Waals surface area contributed by atoms with E-state index >= 15 is 0 Å². The highest BCUT2D eigenvalue weighted by molar-refractivity contribution is 7.91. The van der Waals surface area contributed by atoms with Crippen LogP contribution in [0, 0.1) is 0 Å². The van der Waals surface area contributed by atoms with Gasteiger partial charge in [-0.15, -0.1) is 0 Å². The van der Waals surface area contributed by atoms with Crippen molar-refractivity contribution in [3.8, 4) is 0 Å². The maximum absolute atomic E-state index is 12.1. The van der Waals surface area contributed by atoms with E-state index in [1.54, 1.807) is 6.92 Å². The summed E-state index contributed by atoms with van der Waals surface area (Å²) in [7, 11) is -3.17. The Bertz CT molecular complexity index is 672. The van der Waals surface area contributed by atoms with Gasteiger partial charge >= 0.3 is 5.97 Å². The summed E-state index contributed by atoms with van der Waals surface area (Å²) >= 11 is 0. The second-order valence-corrected chi connectivity index (χ2v) is 8.01. The fourth-order valence-electron chi connectivity index (χ4n) is 2.57. The van der Waals surface area contributed by atoms with Gasteiger partial charge in [0.15, 0.2) is 15.9 Å². The molecule has 0 saturated carbocycles. The van der Waals surface area contributed by atoms with Crippen molar-refractivity contribution in [2.24, 2.45) is 5.10 Å². The van der Waals surface area contributed by atoms with Crippen molar-refractivity contribution in [1.82, 2.24) is 10.3 Å². The standard InChI is InChI=1S/C14H21N3O6S/c1-3-15-13(19)9(2)23-14(20)11-4-5-12(18)17(16-11)10-6-7-24(21,22)8-10/h9-10H,3-8H2,1-2H3,(H,15,19)/t9-,10+/m0/s1. The van der Waals surface area contributed by atoms with Crippen molar-refractivity contribution in [3.63, 3.8) is 0 Å². The van der Waals surface area contributed by atoms with Crippen LogP contribution in [0.2, 0.25) is 0 Å². The number of hydrogen-bond donors (Lipinski definition) is 1. The van der Waals surface area contributed by atoms with Gasteiger partial charge in [-0.25, -0.2) is 18.2 Å². The number of amides is 2. The van der Waals surface area contributed by atoms with Crippen molar-refractivity contribution >= 4 is 33.3 Å². The number of likely N-dealkylation sites (N-methyl/N-ethyl adjacent to an activating group) is 1. The van der Waals surface area contributed by atoms with Gasteiger partial charge in [-0.2, -0.15) is 5.10 Å². The summed E-state index contributed by atoms with van der Waals surface area (Å²) < 4.78 is 28.2. The minimum absolute atomic E-state index is 0.00493.